The molecule has 14 heavy (non-hydrogen) atoms. The third-order valence-corrected chi connectivity index (χ3v) is 3.60. The first-order valence-electron chi connectivity index (χ1n) is 5.64. The zero-order valence-electron chi connectivity index (χ0n) is 8.91. The molecule has 1 aliphatic heterocycles. The van der Waals surface area contributed by atoms with Gasteiger partial charge in [-0.15, -0.1) is 0 Å². The monoisotopic (exact) mass is 196 g/mol. The number of nitrogens with two attached hydrogens (primary N) is 1. The van der Waals surface area contributed by atoms with Crippen LogP contribution in [0.4, 0.5) is 0 Å². The fraction of sp³-hybridized carbons (Fsp3) is 0.909. The normalized spacial score (nSPS) is 39.1. The van der Waals surface area contributed by atoms with Crippen molar-refractivity contribution in [1.82, 2.24) is 4.90 Å². The van der Waals surface area contributed by atoms with Crippen LogP contribution in [-0.4, -0.2) is 36.9 Å². The van der Waals surface area contributed by atoms with Gasteiger partial charge in [0.15, 0.2) is 0 Å². The van der Waals surface area contributed by atoms with Gasteiger partial charge in [-0.05, 0) is 39.3 Å². The van der Waals surface area contributed by atoms with Crippen LogP contribution < -0.4 is 5.73 Å². The molecule has 1 aliphatic carbocycles. The minimum Gasteiger partial charge on any atom is -0.328 e. The van der Waals surface area contributed by atoms with Gasteiger partial charge in [0.1, 0.15) is 5.78 Å². The minimum absolute atomic E-state index is 0.293. The molecule has 1 unspecified atom stereocenters. The quantitative estimate of drug-likeness (QED) is 0.705. The molecular formula is C11H20N2O. The van der Waals surface area contributed by atoms with Crippen LogP contribution in [0.2, 0.25) is 0 Å². The number of carbonyl (C=O) groups excluding carboxylic acids is 1. The van der Waals surface area contributed by atoms with Crippen LogP contribution in [0.15, 0.2) is 0 Å². The highest BCUT2D eigenvalue weighted by Gasteiger charge is 2.36. The Labute approximate surface area is 85.6 Å². The fourth-order valence-electron chi connectivity index (χ4n) is 2.63. The molecule has 0 amide bonds. The Bertz CT molecular complexity index is 223. The van der Waals surface area contributed by atoms with E-state index in [1.807, 2.05) is 0 Å². The molecule has 0 aromatic carbocycles. The van der Waals surface area contributed by atoms with E-state index >= 15 is 0 Å². The van der Waals surface area contributed by atoms with Gasteiger partial charge in [0.05, 0.1) is 0 Å². The van der Waals surface area contributed by atoms with Gasteiger partial charge in [-0.1, -0.05) is 0 Å². The molecule has 0 radical (unpaired) electrons. The van der Waals surface area contributed by atoms with E-state index < -0.39 is 0 Å². The van der Waals surface area contributed by atoms with Gasteiger partial charge in [-0.25, -0.2) is 0 Å². The molecule has 80 valence electrons. The van der Waals surface area contributed by atoms with Crippen molar-refractivity contribution < 1.29 is 4.79 Å². The minimum atomic E-state index is 0.293. The summed E-state index contributed by atoms with van der Waals surface area (Å²) < 4.78 is 0. The summed E-state index contributed by atoms with van der Waals surface area (Å²) in [6.45, 7) is 2.11. The fourth-order valence-corrected chi connectivity index (χ4v) is 2.63. The number of Topliss-reactive ketones (excluding diaryl/α,β-unsaturated/α-hetero) is 1. The van der Waals surface area contributed by atoms with E-state index in [1.54, 1.807) is 0 Å². The molecule has 2 aliphatic rings. The third-order valence-electron chi connectivity index (χ3n) is 3.60. The van der Waals surface area contributed by atoms with Crippen LogP contribution in [0, 0.1) is 11.8 Å². The summed E-state index contributed by atoms with van der Waals surface area (Å²) >= 11 is 0. The van der Waals surface area contributed by atoms with Gasteiger partial charge in [0, 0.05) is 24.4 Å². The van der Waals surface area contributed by atoms with Crippen LogP contribution >= 0.6 is 0 Å². The van der Waals surface area contributed by atoms with Gasteiger partial charge < -0.3 is 10.6 Å². The Balaban J connectivity index is 1.85. The maximum absolute atomic E-state index is 12.0. The summed E-state index contributed by atoms with van der Waals surface area (Å²) in [4.78, 5) is 14.3. The first-order chi connectivity index (χ1) is 6.66. The Hall–Kier alpha value is -0.410. The zero-order valence-corrected chi connectivity index (χ0v) is 8.91. The van der Waals surface area contributed by atoms with Gasteiger partial charge >= 0.3 is 0 Å². The van der Waals surface area contributed by atoms with Crippen molar-refractivity contribution in [2.75, 3.05) is 20.1 Å². The van der Waals surface area contributed by atoms with Crippen LogP contribution in [0.3, 0.4) is 0 Å². The van der Waals surface area contributed by atoms with Crippen molar-refractivity contribution in [2.45, 2.75) is 31.7 Å². The standard InChI is InChI=1S/C11H20N2O/c1-13-4-2-3-8(7-13)11(14)9-5-10(12)6-9/h8-10H,2-7,12H2,1H3. The summed E-state index contributed by atoms with van der Waals surface area (Å²) in [7, 11) is 2.10. The maximum atomic E-state index is 12.0. The number of likely N-dealkylation sites (tertiary alicyclic amines) is 1. The molecule has 1 saturated carbocycles. The number of hydrogen-bond donors (Lipinski definition) is 1. The maximum Gasteiger partial charge on any atom is 0.140 e. The molecule has 1 atom stereocenters. The van der Waals surface area contributed by atoms with E-state index in [2.05, 4.69) is 11.9 Å². The van der Waals surface area contributed by atoms with E-state index in [1.165, 1.54) is 6.42 Å². The molecule has 0 spiro atoms. The number of carbonyl (C=O) groups is 1. The average Bonchev–Trinajstić information content (AvgIpc) is 2.12. The van der Waals surface area contributed by atoms with E-state index in [-0.39, 0.29) is 0 Å². The summed E-state index contributed by atoms with van der Waals surface area (Å²) in [6.07, 6.45) is 4.12. The zero-order chi connectivity index (χ0) is 10.1. The molecule has 0 aromatic rings. The van der Waals surface area contributed by atoms with Crippen LogP contribution in [-0.2, 0) is 4.79 Å². The molecule has 2 N–H and O–H groups in total. The molecule has 1 heterocycles. The van der Waals surface area contributed by atoms with Crippen molar-refractivity contribution in [2.24, 2.45) is 17.6 Å². The van der Waals surface area contributed by atoms with Crippen LogP contribution in [0.5, 0.6) is 0 Å². The van der Waals surface area contributed by atoms with Gasteiger partial charge in [0.2, 0.25) is 0 Å². The largest absolute Gasteiger partial charge is 0.328 e. The second-order valence-electron chi connectivity index (χ2n) is 4.93. The predicted molar refractivity (Wildman–Crippen MR) is 55.9 cm³/mol. The number of rotatable bonds is 2. The van der Waals surface area contributed by atoms with E-state index in [9.17, 15) is 4.79 Å². The lowest BCUT2D eigenvalue weighted by atomic mass is 9.73. The molecular weight excluding hydrogens is 176 g/mol. The smallest absolute Gasteiger partial charge is 0.140 e. The highest BCUT2D eigenvalue weighted by molar-refractivity contribution is 5.84. The second-order valence-corrected chi connectivity index (χ2v) is 4.93. The summed E-state index contributed by atoms with van der Waals surface area (Å²) in [5.74, 6) is 1.08. The first kappa shape index (κ1) is 10.1. The SMILES string of the molecule is CN1CCCC(C(=O)C2CC(N)C2)C1. The highest BCUT2D eigenvalue weighted by atomic mass is 16.1. The van der Waals surface area contributed by atoms with Crippen molar-refractivity contribution in [3.05, 3.63) is 0 Å². The molecule has 1 saturated heterocycles. The molecule has 3 nitrogen and oxygen atoms in total. The lowest BCUT2D eigenvalue weighted by Crippen LogP contribution is -2.45. The van der Waals surface area contributed by atoms with Crippen molar-refractivity contribution in [3.8, 4) is 0 Å². The number of hydrogen-bond acceptors (Lipinski definition) is 3. The summed E-state index contributed by atoms with van der Waals surface area (Å²) in [5.41, 5.74) is 5.70. The third kappa shape index (κ3) is 1.98. The summed E-state index contributed by atoms with van der Waals surface area (Å²) in [6, 6.07) is 0.297. The lowest BCUT2D eigenvalue weighted by Gasteiger charge is -2.36. The Morgan fingerprint density at radius 2 is 2.07 bits per heavy atom. The molecule has 2 rings (SSSR count). The van der Waals surface area contributed by atoms with E-state index in [0.717, 1.165) is 32.4 Å². The highest BCUT2D eigenvalue weighted by Crippen LogP contribution is 2.31. The molecule has 2 fully saturated rings. The molecule has 3 heteroatoms. The van der Waals surface area contributed by atoms with Crippen molar-refractivity contribution >= 4 is 5.78 Å². The average molecular weight is 196 g/mol. The predicted octanol–water partition coefficient (Wildman–Crippen LogP) is 0.635. The molecule has 0 aromatic heterocycles. The number of piperidine rings is 1. The molecule has 0 bridgehead atoms. The topological polar surface area (TPSA) is 46.3 Å². The number of nitrogens with zero attached hydrogens (tertiary/aromatic N) is 1. The van der Waals surface area contributed by atoms with Gasteiger partial charge in [-0.2, -0.15) is 0 Å². The van der Waals surface area contributed by atoms with Crippen LogP contribution in [0.1, 0.15) is 25.7 Å². The Morgan fingerprint density at radius 3 is 2.64 bits per heavy atom. The lowest BCUT2D eigenvalue weighted by molar-refractivity contribution is -0.131. The van der Waals surface area contributed by atoms with Crippen molar-refractivity contribution in [3.63, 3.8) is 0 Å². The first-order valence-corrected chi connectivity index (χ1v) is 5.64. The second kappa shape index (κ2) is 3.99. The summed E-state index contributed by atoms with van der Waals surface area (Å²) in [5, 5.41) is 0. The van der Waals surface area contributed by atoms with E-state index in [4.69, 9.17) is 5.73 Å². The number of ketones is 1. The van der Waals surface area contributed by atoms with Gasteiger partial charge in [-0.3, -0.25) is 4.79 Å². The Kier molecular flexibility index (Phi) is 2.88. The van der Waals surface area contributed by atoms with Crippen LogP contribution in [0.25, 0.3) is 0 Å². The van der Waals surface area contributed by atoms with E-state index in [0.29, 0.717) is 23.7 Å². The van der Waals surface area contributed by atoms with Crippen molar-refractivity contribution in [1.29, 1.82) is 0 Å². The van der Waals surface area contributed by atoms with Gasteiger partial charge in [0.25, 0.3) is 0 Å². The Morgan fingerprint density at radius 1 is 1.36 bits per heavy atom.